The van der Waals surface area contributed by atoms with Crippen molar-refractivity contribution in [1.82, 2.24) is 18.0 Å². The van der Waals surface area contributed by atoms with Crippen molar-refractivity contribution in [2.24, 2.45) is 0 Å². The molecule has 29 heavy (non-hydrogen) atoms. The van der Waals surface area contributed by atoms with Crippen molar-refractivity contribution in [2.75, 3.05) is 38.0 Å². The van der Waals surface area contributed by atoms with Crippen LogP contribution in [0.2, 0.25) is 0 Å². The third-order valence-electron chi connectivity index (χ3n) is 4.84. The Labute approximate surface area is 173 Å². The highest BCUT2D eigenvalue weighted by atomic mass is 32.2. The number of rotatable bonds is 6. The first kappa shape index (κ1) is 19.9. The van der Waals surface area contributed by atoms with Gasteiger partial charge < -0.3 is 5.32 Å². The van der Waals surface area contributed by atoms with Crippen LogP contribution in [0.3, 0.4) is 0 Å². The van der Waals surface area contributed by atoms with E-state index in [0.29, 0.717) is 37.4 Å². The molecule has 2 aromatic carbocycles. The largest absolute Gasteiger partial charge is 0.323 e. The lowest BCUT2D eigenvalue weighted by atomic mass is 10.2. The fourth-order valence-corrected chi connectivity index (χ4v) is 5.41. The molecular formula is C19H21N5O3S2. The highest BCUT2D eigenvalue weighted by Crippen LogP contribution is 2.21. The zero-order chi connectivity index (χ0) is 20.3. The van der Waals surface area contributed by atoms with E-state index < -0.39 is 10.0 Å². The van der Waals surface area contributed by atoms with E-state index in [4.69, 9.17) is 0 Å². The normalized spacial score (nSPS) is 16.1. The fraction of sp³-hybridized carbons (Fsp3) is 0.316. The topological polar surface area (TPSA) is 95.5 Å². The van der Waals surface area contributed by atoms with Crippen molar-refractivity contribution in [2.45, 2.75) is 5.75 Å². The molecule has 3 aromatic rings. The first-order valence-electron chi connectivity index (χ1n) is 9.26. The van der Waals surface area contributed by atoms with E-state index in [0.717, 1.165) is 22.8 Å². The summed E-state index contributed by atoms with van der Waals surface area (Å²) in [7, 11) is -3.36. The zero-order valence-electron chi connectivity index (χ0n) is 15.7. The number of amides is 1. The average molecular weight is 432 g/mol. The van der Waals surface area contributed by atoms with Crippen LogP contribution in [0, 0.1) is 0 Å². The van der Waals surface area contributed by atoms with Crippen LogP contribution in [0.1, 0.15) is 5.56 Å². The molecule has 1 aromatic heterocycles. The Kier molecular flexibility index (Phi) is 5.86. The molecule has 152 valence electrons. The maximum Gasteiger partial charge on any atom is 0.238 e. The number of carbonyl (C=O) groups excluding carboxylic acids is 1. The van der Waals surface area contributed by atoms with Gasteiger partial charge in [-0.2, -0.15) is 13.1 Å². The maximum absolute atomic E-state index is 12.6. The quantitative estimate of drug-likeness (QED) is 0.639. The molecule has 1 amide bonds. The molecule has 0 saturated carbocycles. The van der Waals surface area contributed by atoms with Crippen molar-refractivity contribution in [1.29, 1.82) is 0 Å². The maximum atomic E-state index is 12.6. The number of anilines is 1. The number of sulfonamides is 1. The summed E-state index contributed by atoms with van der Waals surface area (Å²) in [5, 5.41) is 2.88. The zero-order valence-corrected chi connectivity index (χ0v) is 17.3. The Balaban J connectivity index is 1.30. The lowest BCUT2D eigenvalue weighted by molar-refractivity contribution is -0.117. The highest BCUT2D eigenvalue weighted by Gasteiger charge is 2.27. The summed E-state index contributed by atoms with van der Waals surface area (Å²) in [5.74, 6) is -0.147. The van der Waals surface area contributed by atoms with Gasteiger partial charge in [-0.25, -0.2) is 8.42 Å². The number of aromatic nitrogens is 2. The number of fused-ring (bicyclic) bond motifs is 1. The summed E-state index contributed by atoms with van der Waals surface area (Å²) >= 11 is 1.11. The van der Waals surface area contributed by atoms with Crippen LogP contribution in [-0.2, 0) is 20.6 Å². The monoisotopic (exact) mass is 431 g/mol. The molecular weight excluding hydrogens is 410 g/mol. The van der Waals surface area contributed by atoms with Crippen molar-refractivity contribution in [3.8, 4) is 0 Å². The standard InChI is InChI=1S/C19H21N5O3S2/c25-18(20-16-7-4-8-17-19(16)22-28-21-17)13-23-9-11-24(12-10-23)29(26,27)14-15-5-2-1-3-6-15/h1-8H,9-14H2,(H,20,25). The molecule has 1 saturated heterocycles. The van der Waals surface area contributed by atoms with Crippen LogP contribution >= 0.6 is 11.7 Å². The number of piperazine rings is 1. The van der Waals surface area contributed by atoms with Gasteiger partial charge in [-0.3, -0.25) is 9.69 Å². The van der Waals surface area contributed by atoms with Crippen LogP contribution in [0.4, 0.5) is 5.69 Å². The van der Waals surface area contributed by atoms with Gasteiger partial charge in [0.15, 0.2) is 0 Å². The minimum Gasteiger partial charge on any atom is -0.323 e. The van der Waals surface area contributed by atoms with Crippen molar-refractivity contribution in [3.63, 3.8) is 0 Å². The molecule has 10 heteroatoms. The Morgan fingerprint density at radius 3 is 2.52 bits per heavy atom. The van der Waals surface area contributed by atoms with Crippen molar-refractivity contribution < 1.29 is 13.2 Å². The molecule has 0 unspecified atom stereocenters. The third-order valence-corrected chi connectivity index (χ3v) is 7.24. The third kappa shape index (κ3) is 4.78. The highest BCUT2D eigenvalue weighted by molar-refractivity contribution is 7.88. The molecule has 8 nitrogen and oxygen atoms in total. The van der Waals surface area contributed by atoms with Gasteiger partial charge >= 0.3 is 0 Å². The first-order valence-corrected chi connectivity index (χ1v) is 11.6. The smallest absolute Gasteiger partial charge is 0.238 e. The predicted octanol–water partition coefficient (Wildman–Crippen LogP) is 1.78. The van der Waals surface area contributed by atoms with E-state index in [2.05, 4.69) is 14.1 Å². The second-order valence-electron chi connectivity index (χ2n) is 6.90. The van der Waals surface area contributed by atoms with Gasteiger partial charge in [0.05, 0.1) is 29.7 Å². The Hall–Kier alpha value is -2.40. The van der Waals surface area contributed by atoms with Gasteiger partial charge in [-0.1, -0.05) is 36.4 Å². The molecule has 2 heterocycles. The molecule has 1 aliphatic heterocycles. The van der Waals surface area contributed by atoms with Crippen LogP contribution in [0.5, 0.6) is 0 Å². The molecule has 0 bridgehead atoms. The molecule has 0 spiro atoms. The lowest BCUT2D eigenvalue weighted by Crippen LogP contribution is -2.50. The Bertz CT molecular complexity index is 1090. The predicted molar refractivity (Wildman–Crippen MR) is 113 cm³/mol. The Morgan fingerprint density at radius 1 is 1.00 bits per heavy atom. The summed E-state index contributed by atoms with van der Waals surface area (Å²) in [6.07, 6.45) is 0. The van der Waals surface area contributed by atoms with Crippen LogP contribution in [0.15, 0.2) is 48.5 Å². The van der Waals surface area contributed by atoms with Gasteiger partial charge in [-0.05, 0) is 17.7 Å². The van der Waals surface area contributed by atoms with Crippen LogP contribution in [-0.4, -0.2) is 65.0 Å². The van der Waals surface area contributed by atoms with E-state index in [1.807, 2.05) is 47.4 Å². The minimum atomic E-state index is -3.36. The first-order chi connectivity index (χ1) is 14.0. The minimum absolute atomic E-state index is 0.00000850. The summed E-state index contributed by atoms with van der Waals surface area (Å²) < 4.78 is 35.2. The van der Waals surface area contributed by atoms with Gasteiger partial charge in [0.1, 0.15) is 11.0 Å². The lowest BCUT2D eigenvalue weighted by Gasteiger charge is -2.33. The fourth-order valence-electron chi connectivity index (χ4n) is 3.34. The summed E-state index contributed by atoms with van der Waals surface area (Å²) in [6.45, 7) is 2.01. The van der Waals surface area contributed by atoms with Gasteiger partial charge in [0.2, 0.25) is 15.9 Å². The second kappa shape index (κ2) is 8.54. The van der Waals surface area contributed by atoms with Gasteiger partial charge in [-0.15, -0.1) is 0 Å². The molecule has 4 rings (SSSR count). The van der Waals surface area contributed by atoms with Gasteiger partial charge in [0.25, 0.3) is 0 Å². The average Bonchev–Trinajstić information content (AvgIpc) is 3.19. The Morgan fingerprint density at radius 2 is 1.76 bits per heavy atom. The number of nitrogens with one attached hydrogen (secondary N) is 1. The summed E-state index contributed by atoms with van der Waals surface area (Å²) in [4.78, 5) is 14.4. The molecule has 0 aliphatic carbocycles. The number of hydrogen-bond donors (Lipinski definition) is 1. The van der Waals surface area contributed by atoms with E-state index >= 15 is 0 Å². The number of carbonyl (C=O) groups is 1. The summed E-state index contributed by atoms with van der Waals surface area (Å²) in [5.41, 5.74) is 2.86. The molecule has 0 radical (unpaired) electrons. The van der Waals surface area contributed by atoms with E-state index in [9.17, 15) is 13.2 Å². The number of hydrogen-bond acceptors (Lipinski definition) is 7. The SMILES string of the molecule is O=C(CN1CCN(S(=O)(=O)Cc2ccccc2)CC1)Nc1cccc2nsnc12. The van der Waals surface area contributed by atoms with Gasteiger partial charge in [0, 0.05) is 26.2 Å². The second-order valence-corrected chi connectivity index (χ2v) is 9.40. The van der Waals surface area contributed by atoms with E-state index in [1.54, 1.807) is 6.07 Å². The molecule has 0 atom stereocenters. The van der Waals surface area contributed by atoms with E-state index in [1.165, 1.54) is 4.31 Å². The van der Waals surface area contributed by atoms with Crippen molar-refractivity contribution in [3.05, 3.63) is 54.1 Å². The van der Waals surface area contributed by atoms with Crippen molar-refractivity contribution >= 4 is 44.4 Å². The molecule has 1 N–H and O–H groups in total. The molecule has 1 fully saturated rings. The van der Waals surface area contributed by atoms with Crippen LogP contribution in [0.25, 0.3) is 11.0 Å². The molecule has 1 aliphatic rings. The van der Waals surface area contributed by atoms with Crippen LogP contribution < -0.4 is 5.32 Å². The summed E-state index contributed by atoms with van der Waals surface area (Å²) in [6, 6.07) is 14.7. The number of nitrogens with zero attached hydrogens (tertiary/aromatic N) is 4. The number of benzene rings is 2. The van der Waals surface area contributed by atoms with E-state index in [-0.39, 0.29) is 18.2 Å².